The third kappa shape index (κ3) is 6.00. The summed E-state index contributed by atoms with van der Waals surface area (Å²) in [7, 11) is 0. The molecule has 0 aliphatic rings. The molecule has 2 aromatic heterocycles. The molecule has 1 amide bonds. The Morgan fingerprint density at radius 3 is 2.30 bits per heavy atom. The fraction of sp³-hybridized carbons (Fsp3) is 0.192. The molecule has 4 rings (SSSR count). The smallest absolute Gasteiger partial charge is 0.350 e. The van der Waals surface area contributed by atoms with Gasteiger partial charge in [-0.3, -0.25) is 19.1 Å². The molecular formula is C26H22F3N5O3. The minimum absolute atomic E-state index is 0.0295. The van der Waals surface area contributed by atoms with Crippen molar-refractivity contribution in [3.63, 3.8) is 0 Å². The van der Waals surface area contributed by atoms with E-state index in [0.29, 0.717) is 12.0 Å². The molecule has 2 aromatic carbocycles. The van der Waals surface area contributed by atoms with E-state index >= 15 is 0 Å². The van der Waals surface area contributed by atoms with Gasteiger partial charge < -0.3 is 5.32 Å². The van der Waals surface area contributed by atoms with Crippen molar-refractivity contribution in [1.29, 1.82) is 0 Å². The van der Waals surface area contributed by atoms with Gasteiger partial charge in [0.15, 0.2) is 0 Å². The van der Waals surface area contributed by atoms with Crippen molar-refractivity contribution in [2.75, 3.05) is 6.54 Å². The first-order valence-corrected chi connectivity index (χ1v) is 11.3. The lowest BCUT2D eigenvalue weighted by molar-refractivity contribution is -0.137. The molecule has 0 aliphatic carbocycles. The lowest BCUT2D eigenvalue weighted by Gasteiger charge is -2.13. The van der Waals surface area contributed by atoms with Crippen LogP contribution < -0.4 is 16.6 Å². The third-order valence-electron chi connectivity index (χ3n) is 5.57. The van der Waals surface area contributed by atoms with Gasteiger partial charge in [0.1, 0.15) is 0 Å². The van der Waals surface area contributed by atoms with E-state index in [1.54, 1.807) is 48.7 Å². The second kappa shape index (κ2) is 10.6. The predicted octanol–water partition coefficient (Wildman–Crippen LogP) is 3.14. The van der Waals surface area contributed by atoms with E-state index in [1.165, 1.54) is 0 Å². The van der Waals surface area contributed by atoms with Crippen LogP contribution in [0.1, 0.15) is 32.9 Å². The van der Waals surface area contributed by atoms with E-state index in [1.807, 2.05) is 6.92 Å². The maximum atomic E-state index is 13.2. The lowest BCUT2D eigenvalue weighted by Crippen LogP contribution is -2.46. The number of amides is 1. The maximum absolute atomic E-state index is 13.2. The number of alkyl halides is 3. The number of benzene rings is 2. The number of nitrogens with zero attached hydrogens (tertiary/aromatic N) is 4. The van der Waals surface area contributed by atoms with E-state index in [4.69, 9.17) is 0 Å². The number of hydrogen-bond donors (Lipinski definition) is 1. The topological polar surface area (TPSA) is 98.9 Å². The van der Waals surface area contributed by atoms with Gasteiger partial charge in [-0.15, -0.1) is 0 Å². The molecule has 8 nitrogen and oxygen atoms in total. The summed E-state index contributed by atoms with van der Waals surface area (Å²) >= 11 is 0. The fourth-order valence-electron chi connectivity index (χ4n) is 3.57. The van der Waals surface area contributed by atoms with Crippen LogP contribution in [-0.2, 0) is 19.1 Å². The van der Waals surface area contributed by atoms with E-state index in [0.717, 1.165) is 44.8 Å². The summed E-state index contributed by atoms with van der Waals surface area (Å²) < 4.78 is 40.6. The molecule has 1 N–H and O–H groups in total. The Bertz CT molecular complexity index is 1510. The number of halogens is 3. The van der Waals surface area contributed by atoms with Gasteiger partial charge in [-0.2, -0.15) is 23.0 Å². The van der Waals surface area contributed by atoms with Crippen LogP contribution in [0.2, 0.25) is 0 Å². The van der Waals surface area contributed by atoms with Gasteiger partial charge in [0.25, 0.3) is 11.5 Å². The molecule has 0 saturated carbocycles. The average molecular weight is 509 g/mol. The lowest BCUT2D eigenvalue weighted by atomic mass is 10.1. The van der Waals surface area contributed by atoms with Crippen LogP contribution in [0.15, 0.2) is 82.5 Å². The van der Waals surface area contributed by atoms with E-state index in [-0.39, 0.29) is 18.8 Å². The van der Waals surface area contributed by atoms with Crippen LogP contribution in [0.25, 0.3) is 5.69 Å². The highest BCUT2D eigenvalue weighted by Crippen LogP contribution is 2.29. The van der Waals surface area contributed by atoms with E-state index in [2.05, 4.69) is 15.4 Å². The predicted molar refractivity (Wildman–Crippen MR) is 130 cm³/mol. The number of carbonyl (C=O) groups excluding carboxylic acids is 1. The van der Waals surface area contributed by atoms with Crippen molar-refractivity contribution in [2.24, 2.45) is 0 Å². The molecule has 0 atom stereocenters. The number of aromatic nitrogens is 4. The number of pyridine rings is 1. The summed E-state index contributed by atoms with van der Waals surface area (Å²) in [5, 5.41) is 6.53. The molecule has 4 aromatic rings. The quantitative estimate of drug-likeness (QED) is 0.413. The Hall–Kier alpha value is -4.54. The monoisotopic (exact) mass is 509 g/mol. The Kier molecular flexibility index (Phi) is 7.32. The summed E-state index contributed by atoms with van der Waals surface area (Å²) in [5.41, 5.74) is -0.991. The van der Waals surface area contributed by atoms with Gasteiger partial charge >= 0.3 is 11.9 Å². The molecule has 0 fully saturated rings. The van der Waals surface area contributed by atoms with Gasteiger partial charge in [0.05, 0.1) is 17.8 Å². The summed E-state index contributed by atoms with van der Waals surface area (Å²) in [6, 6.07) is 16.1. The number of aryl methyl sites for hydroxylation is 1. The molecule has 37 heavy (non-hydrogen) atoms. The standard InChI is InChI=1S/C26H22F3N5O3/c1-17-5-7-18(8-6-17)16-33-24(36)22(23(35)31-15-13-20-4-2-3-14-30-20)32-34(25(33)37)21-11-9-19(10-12-21)26(27,28)29/h2-12,14H,13,15-16H2,1H3,(H,31,35). The molecular weight excluding hydrogens is 487 g/mol. The molecule has 2 heterocycles. The SMILES string of the molecule is Cc1ccc(Cn2c(=O)c(C(=O)NCCc3ccccn3)nn(-c3ccc(C(F)(F)F)cc3)c2=O)cc1. The first-order valence-electron chi connectivity index (χ1n) is 11.3. The van der Waals surface area contributed by atoms with E-state index < -0.39 is 34.6 Å². The molecule has 190 valence electrons. The summed E-state index contributed by atoms with van der Waals surface area (Å²) in [6.07, 6.45) is -2.56. The fourth-order valence-corrected chi connectivity index (χ4v) is 3.57. The minimum atomic E-state index is -4.57. The second-order valence-corrected chi connectivity index (χ2v) is 8.29. The zero-order valence-corrected chi connectivity index (χ0v) is 19.7. The zero-order valence-electron chi connectivity index (χ0n) is 19.7. The van der Waals surface area contributed by atoms with Crippen molar-refractivity contribution in [3.05, 3.63) is 122 Å². The zero-order chi connectivity index (χ0) is 26.6. The first-order chi connectivity index (χ1) is 17.6. The third-order valence-corrected chi connectivity index (χ3v) is 5.57. The number of nitrogens with one attached hydrogen (secondary N) is 1. The largest absolute Gasteiger partial charge is 0.416 e. The molecule has 0 saturated heterocycles. The van der Waals surface area contributed by atoms with Crippen LogP contribution in [0.3, 0.4) is 0 Å². The highest BCUT2D eigenvalue weighted by molar-refractivity contribution is 5.91. The Labute approximate surface area is 209 Å². The Morgan fingerprint density at radius 1 is 0.973 bits per heavy atom. The van der Waals surface area contributed by atoms with Crippen LogP contribution in [0.4, 0.5) is 13.2 Å². The summed E-state index contributed by atoms with van der Waals surface area (Å²) in [4.78, 5) is 43.5. The highest BCUT2D eigenvalue weighted by Gasteiger charge is 2.30. The van der Waals surface area contributed by atoms with Gasteiger partial charge in [0, 0.05) is 24.9 Å². The molecule has 11 heteroatoms. The van der Waals surface area contributed by atoms with Gasteiger partial charge in [-0.05, 0) is 48.9 Å². The molecule has 0 aliphatic heterocycles. The summed E-state index contributed by atoms with van der Waals surface area (Å²) in [6.45, 7) is 1.87. The van der Waals surface area contributed by atoms with Gasteiger partial charge in [0.2, 0.25) is 5.69 Å². The molecule has 0 radical (unpaired) electrons. The van der Waals surface area contributed by atoms with Crippen molar-refractivity contribution in [2.45, 2.75) is 26.1 Å². The Morgan fingerprint density at radius 2 is 1.68 bits per heavy atom. The minimum Gasteiger partial charge on any atom is -0.350 e. The Balaban J connectivity index is 1.72. The highest BCUT2D eigenvalue weighted by atomic mass is 19.4. The van der Waals surface area contributed by atoms with Gasteiger partial charge in [-0.1, -0.05) is 35.9 Å². The van der Waals surface area contributed by atoms with Crippen molar-refractivity contribution >= 4 is 5.91 Å². The number of carbonyl (C=O) groups is 1. The maximum Gasteiger partial charge on any atom is 0.416 e. The molecule has 0 unspecified atom stereocenters. The number of hydrogen-bond acceptors (Lipinski definition) is 5. The molecule has 0 spiro atoms. The number of rotatable bonds is 7. The van der Waals surface area contributed by atoms with Crippen molar-refractivity contribution in [3.8, 4) is 5.69 Å². The van der Waals surface area contributed by atoms with Crippen molar-refractivity contribution < 1.29 is 18.0 Å². The average Bonchev–Trinajstić information content (AvgIpc) is 2.88. The van der Waals surface area contributed by atoms with Crippen LogP contribution in [0.5, 0.6) is 0 Å². The van der Waals surface area contributed by atoms with E-state index in [9.17, 15) is 27.6 Å². The van der Waals surface area contributed by atoms with Crippen molar-refractivity contribution in [1.82, 2.24) is 24.6 Å². The van der Waals surface area contributed by atoms with Crippen LogP contribution in [0, 0.1) is 6.92 Å². The summed E-state index contributed by atoms with van der Waals surface area (Å²) in [5.74, 6) is -0.820. The van der Waals surface area contributed by atoms with Crippen LogP contribution >= 0.6 is 0 Å². The first kappa shape index (κ1) is 25.5. The molecule has 0 bridgehead atoms. The van der Waals surface area contributed by atoms with Crippen LogP contribution in [-0.4, -0.2) is 31.8 Å². The van der Waals surface area contributed by atoms with Gasteiger partial charge in [-0.25, -0.2) is 4.79 Å². The normalized spacial score (nSPS) is 11.4. The second-order valence-electron chi connectivity index (χ2n) is 8.29.